The minimum absolute atomic E-state index is 0. The molecule has 0 saturated carbocycles. The predicted octanol–water partition coefficient (Wildman–Crippen LogP) is 6.07. The Bertz CT molecular complexity index is 2030. The lowest BCUT2D eigenvalue weighted by atomic mass is 9.95. The van der Waals surface area contributed by atoms with Crippen LogP contribution in [0.25, 0.3) is 22.3 Å². The molecule has 320 valence electrons. The van der Waals surface area contributed by atoms with E-state index in [1.54, 1.807) is 0 Å². The summed E-state index contributed by atoms with van der Waals surface area (Å²) in [5.74, 6) is -4.96. The molecule has 4 N–H and O–H groups in total. The molecule has 60 heavy (non-hydrogen) atoms. The predicted molar refractivity (Wildman–Crippen MR) is 223 cm³/mol. The maximum atomic E-state index is 13.0. The molecule has 2 saturated heterocycles. The normalized spacial score (nSPS) is 17.1. The quantitative estimate of drug-likeness (QED) is 0.123. The number of alkyl halides is 2. The lowest BCUT2D eigenvalue weighted by Gasteiger charge is -2.37. The third-order valence-electron chi connectivity index (χ3n) is 11.2. The summed E-state index contributed by atoms with van der Waals surface area (Å²) < 4.78 is 35.4. The van der Waals surface area contributed by atoms with Gasteiger partial charge in [0.05, 0.1) is 50.0 Å². The number of amides is 1. The molecule has 2 fully saturated rings. The topological polar surface area (TPSA) is 163 Å². The first-order valence-corrected chi connectivity index (χ1v) is 19.9. The van der Waals surface area contributed by atoms with Crippen molar-refractivity contribution >= 4 is 36.2 Å². The summed E-state index contributed by atoms with van der Waals surface area (Å²) in [5.41, 5.74) is 8.96. The smallest absolute Gasteiger partial charge is 0.309 e. The lowest BCUT2D eigenvalue weighted by molar-refractivity contribution is -0.155. The van der Waals surface area contributed by atoms with Crippen LogP contribution in [0.15, 0.2) is 97.1 Å². The molecule has 2 heterocycles. The van der Waals surface area contributed by atoms with Crippen LogP contribution in [0.3, 0.4) is 0 Å². The van der Waals surface area contributed by atoms with Gasteiger partial charge in [0.1, 0.15) is 25.6 Å². The van der Waals surface area contributed by atoms with Crippen molar-refractivity contribution < 1.29 is 52.8 Å². The van der Waals surface area contributed by atoms with Gasteiger partial charge in [-0.2, -0.15) is 0 Å². The number of aliphatic hydroxyl groups is 2. The molecule has 8 rings (SSSR count). The minimum Gasteiger partial charge on any atom is -0.481 e. The van der Waals surface area contributed by atoms with Crippen LogP contribution in [-0.4, -0.2) is 108 Å². The third-order valence-corrected chi connectivity index (χ3v) is 11.2. The largest absolute Gasteiger partial charge is 0.481 e. The maximum absolute atomic E-state index is 13.0. The van der Waals surface area contributed by atoms with E-state index in [4.69, 9.17) is 14.6 Å². The average Bonchev–Trinajstić information content (AvgIpc) is 3.70. The molecule has 4 atom stereocenters. The zero-order chi connectivity index (χ0) is 42.2. The van der Waals surface area contributed by atoms with Gasteiger partial charge >= 0.3 is 17.9 Å². The van der Waals surface area contributed by atoms with E-state index < -0.39 is 60.2 Å². The number of fused-ring (bicyclic) bond motifs is 6. The summed E-state index contributed by atoms with van der Waals surface area (Å²) in [7, 11) is 0. The van der Waals surface area contributed by atoms with E-state index in [9.17, 15) is 38.2 Å². The Balaban J connectivity index is 0.000000202. The summed E-state index contributed by atoms with van der Waals surface area (Å²) >= 11 is 0. The highest BCUT2D eigenvalue weighted by molar-refractivity contribution is 5.86. The van der Waals surface area contributed by atoms with Gasteiger partial charge in [0, 0.05) is 24.9 Å². The van der Waals surface area contributed by atoms with Gasteiger partial charge in [-0.25, -0.2) is 8.78 Å². The van der Waals surface area contributed by atoms with E-state index >= 15 is 0 Å². The van der Waals surface area contributed by atoms with E-state index in [-0.39, 0.29) is 63.4 Å². The van der Waals surface area contributed by atoms with Gasteiger partial charge in [0.2, 0.25) is 5.91 Å². The molecule has 4 aliphatic rings. The highest BCUT2D eigenvalue weighted by Gasteiger charge is 2.38. The van der Waals surface area contributed by atoms with Gasteiger partial charge in [0.15, 0.2) is 0 Å². The molecule has 11 nitrogen and oxygen atoms in total. The summed E-state index contributed by atoms with van der Waals surface area (Å²) in [5, 5.41) is 31.3. The lowest BCUT2D eigenvalue weighted by Crippen LogP contribution is -2.55. The summed E-state index contributed by atoms with van der Waals surface area (Å²) in [6.07, 6.45) is -4.26. The Hall–Kier alpha value is -5.21. The number of carboxylic acid groups (broad SMARTS) is 1. The minimum atomic E-state index is -1.21. The van der Waals surface area contributed by atoms with E-state index in [2.05, 4.69) is 17.4 Å². The first-order valence-electron chi connectivity index (χ1n) is 19.9. The van der Waals surface area contributed by atoms with Gasteiger partial charge < -0.3 is 35.0 Å². The molecule has 1 amide bonds. The number of benzene rings is 4. The molecule has 0 unspecified atom stereocenters. The van der Waals surface area contributed by atoms with Crippen molar-refractivity contribution in [2.24, 2.45) is 11.8 Å². The van der Waals surface area contributed by atoms with Gasteiger partial charge in [-0.05, 0) is 58.4 Å². The van der Waals surface area contributed by atoms with Crippen LogP contribution in [0, 0.1) is 11.8 Å². The first-order chi connectivity index (χ1) is 28.3. The number of likely N-dealkylation sites (tertiary alicyclic amines) is 1. The van der Waals surface area contributed by atoms with Gasteiger partial charge in [-0.3, -0.25) is 19.2 Å². The van der Waals surface area contributed by atoms with Gasteiger partial charge in [-0.1, -0.05) is 97.1 Å². The van der Waals surface area contributed by atoms with Crippen molar-refractivity contribution in [2.75, 3.05) is 39.4 Å². The monoisotopic (exact) mass is 848 g/mol. The van der Waals surface area contributed by atoms with E-state index in [0.717, 1.165) is 44.5 Å². The van der Waals surface area contributed by atoms with Crippen molar-refractivity contribution in [1.29, 1.82) is 0 Å². The number of hydrogen-bond acceptors (Lipinski definition) is 9. The number of rotatable bonds is 12. The number of aliphatic hydroxyl groups excluding tert-OH is 2. The molecule has 2 aliphatic carbocycles. The molecule has 14 heteroatoms. The average molecular weight is 849 g/mol. The second-order valence-corrected chi connectivity index (χ2v) is 15.4. The number of esters is 2. The number of nitrogens with one attached hydrogen (secondary N) is 1. The number of halogens is 3. The Morgan fingerprint density at radius 3 is 1.25 bits per heavy atom. The zero-order valence-corrected chi connectivity index (χ0v) is 34.2. The fourth-order valence-electron chi connectivity index (χ4n) is 7.73. The molecule has 0 bridgehead atoms. The second kappa shape index (κ2) is 20.9. The van der Waals surface area contributed by atoms with Crippen LogP contribution in [0.2, 0.25) is 0 Å². The molecule has 4 aromatic carbocycles. The van der Waals surface area contributed by atoms with Crippen LogP contribution < -0.4 is 5.32 Å². The van der Waals surface area contributed by atoms with Crippen LogP contribution in [0.4, 0.5) is 8.78 Å². The van der Waals surface area contributed by atoms with Crippen molar-refractivity contribution in [1.82, 2.24) is 10.2 Å². The van der Waals surface area contributed by atoms with Crippen molar-refractivity contribution in [2.45, 2.75) is 63.1 Å². The van der Waals surface area contributed by atoms with E-state index in [1.165, 1.54) is 18.7 Å². The van der Waals surface area contributed by atoms with Crippen LogP contribution in [0.1, 0.15) is 60.8 Å². The molecule has 0 spiro atoms. The zero-order valence-electron chi connectivity index (χ0n) is 33.4. The van der Waals surface area contributed by atoms with E-state index in [0.29, 0.717) is 13.1 Å². The number of ether oxygens (including phenoxy) is 2. The number of aliphatic carboxylic acids is 1. The summed E-state index contributed by atoms with van der Waals surface area (Å²) in [4.78, 5) is 49.4. The first kappa shape index (κ1) is 45.9. The number of carboxylic acids is 1. The fraction of sp³-hybridized carbons (Fsp3) is 0.391. The molecule has 4 aromatic rings. The maximum Gasteiger partial charge on any atom is 0.309 e. The number of carbonyl (C=O) groups excluding carboxylic acids is 3. The van der Waals surface area contributed by atoms with Crippen molar-refractivity contribution in [3.05, 3.63) is 119 Å². The molecule has 0 aromatic heterocycles. The Morgan fingerprint density at radius 1 is 0.633 bits per heavy atom. The molecule has 0 radical (unpaired) electrons. The van der Waals surface area contributed by atoms with Crippen LogP contribution in [-0.2, 0) is 28.7 Å². The summed E-state index contributed by atoms with van der Waals surface area (Å²) in [6, 6.07) is 32.1. The van der Waals surface area contributed by atoms with E-state index in [1.807, 2.05) is 84.9 Å². The Labute approximate surface area is 354 Å². The van der Waals surface area contributed by atoms with Gasteiger partial charge in [0.25, 0.3) is 0 Å². The fourth-order valence-corrected chi connectivity index (χ4v) is 7.73. The van der Waals surface area contributed by atoms with Crippen LogP contribution >= 0.6 is 12.4 Å². The number of nitrogens with zero attached hydrogens (tertiary/aromatic N) is 1. The SMILES string of the molecule is C[C@@H](O)[C@@H](CC(=O)OCC1c2ccccc2-c2ccccc21)C(=O)N1CC(F)C1.C[C@@H](O)[C@@H](CC(=O)OCC1c2ccccc2-c2ccccc21)C(=O)O.Cl.FC1CNC1. The third kappa shape index (κ3) is 10.7. The summed E-state index contributed by atoms with van der Waals surface area (Å²) in [6.45, 7) is 4.32. The number of hydrogen-bond donors (Lipinski definition) is 4. The Kier molecular flexibility index (Phi) is 15.9. The number of carbonyl (C=O) groups is 4. The standard InChI is InChI=1S/C23H24FNO4.C20H20O5.C3H6FN.ClH/c1-14(26)20(23(28)25-11-15(24)12-25)10-22(27)29-13-21-18-8-4-2-6-16(18)17-7-3-5-9-19(17)21;1-12(21)17(20(23)24)10-19(22)25-11-18-15-8-4-2-6-13(15)14-7-3-5-9-16(14)18;4-3-1-5-2-3;/h2-9,14-15,20-21,26H,10-13H2,1H3;2-9,12,17-18,21H,10-11H2,1H3,(H,23,24);3,5H,1-2H2;1H/t14-,20-;12-,17-;;/m11../s1. The molecular weight excluding hydrogens is 798 g/mol. The van der Waals surface area contributed by atoms with Crippen molar-refractivity contribution in [3.63, 3.8) is 0 Å². The molecule has 2 aliphatic heterocycles. The Morgan fingerprint density at radius 2 is 0.967 bits per heavy atom. The van der Waals surface area contributed by atoms with Crippen LogP contribution in [0.5, 0.6) is 0 Å². The highest BCUT2D eigenvalue weighted by Crippen LogP contribution is 2.45. The van der Waals surface area contributed by atoms with Gasteiger partial charge in [-0.15, -0.1) is 12.4 Å². The second-order valence-electron chi connectivity index (χ2n) is 15.4. The van der Waals surface area contributed by atoms with Crippen molar-refractivity contribution in [3.8, 4) is 22.3 Å². The molecular formula is C46H51ClF2N2O9. The highest BCUT2D eigenvalue weighted by atomic mass is 35.5.